The quantitative estimate of drug-likeness (QED) is 0.581. The van der Waals surface area contributed by atoms with Crippen molar-refractivity contribution >= 4 is 21.9 Å². The Hall–Kier alpha value is -0.810. The number of aliphatic hydroxyl groups excluding tert-OH is 2. The van der Waals surface area contributed by atoms with Crippen LogP contribution in [0.3, 0.4) is 0 Å². The molecule has 0 fully saturated rings. The fourth-order valence-electron chi connectivity index (χ4n) is 0.842. The molecule has 0 aromatic heterocycles. The van der Waals surface area contributed by atoms with Crippen LogP contribution in [0.4, 0.5) is 0 Å². The second kappa shape index (κ2) is 2.91. The van der Waals surface area contributed by atoms with Gasteiger partial charge in [0.2, 0.25) is 0 Å². The molecule has 5 heteroatoms. The normalized spacial score (nSPS) is 34.5. The molecule has 4 nitrogen and oxygen atoms in total. The summed E-state index contributed by atoms with van der Waals surface area (Å²) in [6, 6.07) is 0. The maximum atomic E-state index is 10.6. The summed E-state index contributed by atoms with van der Waals surface area (Å²) < 4.78 is -1.51. The number of alkyl halides is 1. The Bertz CT molecular complexity index is 271. The van der Waals surface area contributed by atoms with Crippen molar-refractivity contribution in [2.45, 2.75) is 10.4 Å². The molecular weight excluding hydrogens is 228 g/mol. The number of halogens is 1. The molecule has 1 aliphatic rings. The van der Waals surface area contributed by atoms with E-state index in [4.69, 9.17) is 10.2 Å². The van der Waals surface area contributed by atoms with Crippen LogP contribution in [0.25, 0.3) is 0 Å². The minimum absolute atomic E-state index is 0.140. The Morgan fingerprint density at radius 2 is 2.25 bits per heavy atom. The highest BCUT2D eigenvalue weighted by molar-refractivity contribution is 9.10. The number of carbonyl (C=O) groups is 1. The van der Waals surface area contributed by atoms with Gasteiger partial charge in [0.1, 0.15) is 11.9 Å². The van der Waals surface area contributed by atoms with Gasteiger partial charge in [-0.25, -0.2) is 0 Å². The van der Waals surface area contributed by atoms with Crippen LogP contribution in [-0.4, -0.2) is 31.7 Å². The molecule has 2 atom stereocenters. The summed E-state index contributed by atoms with van der Waals surface area (Å²) >= 11 is 2.86. The van der Waals surface area contributed by atoms with E-state index in [0.29, 0.717) is 0 Å². The van der Waals surface area contributed by atoms with Crippen LogP contribution in [0.1, 0.15) is 0 Å². The first-order valence-electron chi connectivity index (χ1n) is 3.17. The first-order valence-corrected chi connectivity index (χ1v) is 3.96. The zero-order valence-corrected chi connectivity index (χ0v) is 7.52. The van der Waals surface area contributed by atoms with Crippen molar-refractivity contribution in [3.63, 3.8) is 0 Å². The second-order valence-corrected chi connectivity index (χ2v) is 3.76. The number of allylic oxidation sites excluding steroid dienone is 1. The molecule has 0 bridgehead atoms. The van der Waals surface area contributed by atoms with E-state index in [2.05, 4.69) is 15.9 Å². The summed E-state index contributed by atoms with van der Waals surface area (Å²) in [5.41, 5.74) is 0. The Labute approximate surface area is 77.0 Å². The van der Waals surface area contributed by atoms with Crippen LogP contribution in [-0.2, 0) is 4.79 Å². The average molecular weight is 235 g/mol. The third-order valence-corrected chi connectivity index (χ3v) is 2.66. The molecule has 2 unspecified atom stereocenters. The number of carboxylic acids is 1. The monoisotopic (exact) mass is 234 g/mol. The number of rotatable bonds is 1. The first-order chi connectivity index (χ1) is 5.47. The van der Waals surface area contributed by atoms with Gasteiger partial charge in [0, 0.05) is 0 Å². The third kappa shape index (κ3) is 1.37. The van der Waals surface area contributed by atoms with Crippen LogP contribution in [0, 0.1) is 0 Å². The van der Waals surface area contributed by atoms with Crippen LogP contribution in [0.15, 0.2) is 24.0 Å². The lowest BCUT2D eigenvalue weighted by molar-refractivity contribution is -0.140. The summed E-state index contributed by atoms with van der Waals surface area (Å²) in [4.78, 5) is 10.6. The van der Waals surface area contributed by atoms with Crippen LogP contribution < -0.4 is 0 Å². The molecule has 0 heterocycles. The van der Waals surface area contributed by atoms with Gasteiger partial charge in [-0.15, -0.1) is 0 Å². The van der Waals surface area contributed by atoms with Crippen LogP contribution >= 0.6 is 15.9 Å². The van der Waals surface area contributed by atoms with Gasteiger partial charge in [-0.2, -0.15) is 0 Å². The molecule has 0 aliphatic heterocycles. The van der Waals surface area contributed by atoms with Gasteiger partial charge in [-0.3, -0.25) is 4.79 Å². The van der Waals surface area contributed by atoms with Gasteiger partial charge in [-0.1, -0.05) is 22.0 Å². The van der Waals surface area contributed by atoms with Crippen molar-refractivity contribution in [3.8, 4) is 0 Å². The highest BCUT2D eigenvalue weighted by Gasteiger charge is 2.41. The van der Waals surface area contributed by atoms with E-state index in [-0.39, 0.29) is 5.76 Å². The SMILES string of the molecule is O=C(O)C1(Br)C=CC(O)=CC1O. The van der Waals surface area contributed by atoms with Gasteiger partial charge in [0.05, 0.1) is 0 Å². The second-order valence-electron chi connectivity index (χ2n) is 2.44. The molecule has 0 saturated carbocycles. The molecule has 0 amide bonds. The lowest BCUT2D eigenvalue weighted by atomic mass is 9.97. The van der Waals surface area contributed by atoms with Gasteiger partial charge in [0.25, 0.3) is 0 Å². The van der Waals surface area contributed by atoms with Crippen molar-refractivity contribution < 1.29 is 20.1 Å². The fourth-order valence-corrected chi connectivity index (χ4v) is 1.11. The maximum Gasteiger partial charge on any atom is 0.327 e. The van der Waals surface area contributed by atoms with Crippen molar-refractivity contribution in [2.75, 3.05) is 0 Å². The molecule has 0 spiro atoms. The smallest absolute Gasteiger partial charge is 0.327 e. The first kappa shape index (κ1) is 9.28. The molecular formula is C7H7BrO4. The van der Waals surface area contributed by atoms with Crippen LogP contribution in [0.5, 0.6) is 0 Å². The zero-order valence-electron chi connectivity index (χ0n) is 5.94. The van der Waals surface area contributed by atoms with Crippen molar-refractivity contribution in [2.24, 2.45) is 0 Å². The maximum absolute atomic E-state index is 10.6. The van der Waals surface area contributed by atoms with Gasteiger partial charge in [0.15, 0.2) is 4.32 Å². The summed E-state index contributed by atoms with van der Waals surface area (Å²) in [6.45, 7) is 0. The summed E-state index contributed by atoms with van der Waals surface area (Å²) in [7, 11) is 0. The summed E-state index contributed by atoms with van der Waals surface area (Å²) in [6.07, 6.45) is 2.20. The van der Waals surface area contributed by atoms with E-state index in [1.165, 1.54) is 12.2 Å². The number of hydrogen-bond acceptors (Lipinski definition) is 3. The molecule has 1 aliphatic carbocycles. The molecule has 1 rings (SSSR count). The van der Waals surface area contributed by atoms with Crippen molar-refractivity contribution in [1.29, 1.82) is 0 Å². The number of aliphatic hydroxyl groups is 2. The lowest BCUT2D eigenvalue weighted by Gasteiger charge is -2.25. The number of aliphatic carboxylic acids is 1. The highest BCUT2D eigenvalue weighted by atomic mass is 79.9. The summed E-state index contributed by atoms with van der Waals surface area (Å²) in [5, 5.41) is 26.8. The Balaban J connectivity index is 2.99. The topological polar surface area (TPSA) is 77.8 Å². The molecule has 0 radical (unpaired) electrons. The van der Waals surface area contributed by atoms with Gasteiger partial charge < -0.3 is 15.3 Å². The average Bonchev–Trinajstić information content (AvgIpc) is 1.97. The Morgan fingerprint density at radius 3 is 2.67 bits per heavy atom. The molecule has 12 heavy (non-hydrogen) atoms. The molecule has 66 valence electrons. The van der Waals surface area contributed by atoms with Crippen molar-refractivity contribution in [1.82, 2.24) is 0 Å². The minimum Gasteiger partial charge on any atom is -0.508 e. The Kier molecular flexibility index (Phi) is 2.25. The van der Waals surface area contributed by atoms with E-state index in [0.717, 1.165) is 6.08 Å². The zero-order chi connectivity index (χ0) is 9.35. The van der Waals surface area contributed by atoms with Gasteiger partial charge in [-0.05, 0) is 12.2 Å². The summed E-state index contributed by atoms with van der Waals surface area (Å²) in [5.74, 6) is -1.34. The molecule has 0 aromatic carbocycles. The van der Waals surface area contributed by atoms with Crippen molar-refractivity contribution in [3.05, 3.63) is 24.0 Å². The van der Waals surface area contributed by atoms with E-state index in [9.17, 15) is 9.90 Å². The lowest BCUT2D eigenvalue weighted by Crippen LogP contribution is -2.42. The van der Waals surface area contributed by atoms with E-state index < -0.39 is 16.4 Å². The third-order valence-electron chi connectivity index (χ3n) is 1.58. The van der Waals surface area contributed by atoms with Crippen LogP contribution in [0.2, 0.25) is 0 Å². The minimum atomic E-state index is -1.51. The fraction of sp³-hybridized carbons (Fsp3) is 0.286. The standard InChI is InChI=1S/C7H7BrO4/c8-7(6(11)12)2-1-4(9)3-5(7)10/h1-3,5,9-10H,(H,11,12). The number of carboxylic acid groups (broad SMARTS) is 1. The highest BCUT2D eigenvalue weighted by Crippen LogP contribution is 2.29. The Morgan fingerprint density at radius 1 is 1.67 bits per heavy atom. The van der Waals surface area contributed by atoms with E-state index >= 15 is 0 Å². The molecule has 0 saturated heterocycles. The predicted molar refractivity (Wildman–Crippen MR) is 45.2 cm³/mol. The molecule has 3 N–H and O–H groups in total. The van der Waals surface area contributed by atoms with Gasteiger partial charge >= 0.3 is 5.97 Å². The molecule has 0 aromatic rings. The van der Waals surface area contributed by atoms with E-state index in [1.54, 1.807) is 0 Å². The van der Waals surface area contributed by atoms with E-state index in [1.807, 2.05) is 0 Å². The largest absolute Gasteiger partial charge is 0.508 e. The predicted octanol–water partition coefficient (Wildman–Crippen LogP) is 0.577. The number of hydrogen-bond donors (Lipinski definition) is 3.